The maximum absolute atomic E-state index is 14.1. The Morgan fingerprint density at radius 2 is 2.03 bits per heavy atom. The van der Waals surface area contributed by atoms with Gasteiger partial charge in [-0.3, -0.25) is 9.59 Å². The Balaban J connectivity index is 1.41. The molecule has 8 heteroatoms. The van der Waals surface area contributed by atoms with Crippen LogP contribution < -0.4 is 16.2 Å². The minimum atomic E-state index is -0.834. The second-order valence-electron chi connectivity index (χ2n) is 8.45. The van der Waals surface area contributed by atoms with Gasteiger partial charge in [0.25, 0.3) is 5.56 Å². The lowest BCUT2D eigenvalue weighted by Gasteiger charge is -2.23. The third kappa shape index (κ3) is 3.45. The van der Waals surface area contributed by atoms with Crippen LogP contribution in [-0.4, -0.2) is 29.0 Å². The number of nitrogens with one attached hydrogen (secondary N) is 3. The van der Waals surface area contributed by atoms with E-state index in [-0.39, 0.29) is 34.7 Å². The van der Waals surface area contributed by atoms with Crippen LogP contribution in [0.2, 0.25) is 0 Å². The Morgan fingerprint density at radius 3 is 2.74 bits per heavy atom. The van der Waals surface area contributed by atoms with Crippen molar-refractivity contribution in [3.63, 3.8) is 0 Å². The van der Waals surface area contributed by atoms with Crippen LogP contribution in [0.5, 0.6) is 0 Å². The van der Waals surface area contributed by atoms with Crippen molar-refractivity contribution in [2.75, 3.05) is 0 Å². The molecule has 5 rings (SSSR count). The number of piperidine rings is 1. The Labute approximate surface area is 176 Å². The van der Waals surface area contributed by atoms with E-state index < -0.39 is 23.2 Å². The van der Waals surface area contributed by atoms with Gasteiger partial charge in [0.15, 0.2) is 0 Å². The van der Waals surface area contributed by atoms with Crippen molar-refractivity contribution in [2.24, 2.45) is 5.92 Å². The predicted octanol–water partition coefficient (Wildman–Crippen LogP) is 2.65. The number of hydrogen-bond donors (Lipinski definition) is 3. The largest absolute Gasteiger partial charge is 0.339 e. The summed E-state index contributed by atoms with van der Waals surface area (Å²) in [5.74, 6) is -1.42. The van der Waals surface area contributed by atoms with Gasteiger partial charge in [-0.25, -0.2) is 8.78 Å². The van der Waals surface area contributed by atoms with Gasteiger partial charge >= 0.3 is 0 Å². The number of benzene rings is 2. The quantitative estimate of drug-likeness (QED) is 0.563. The third-order valence-electron chi connectivity index (χ3n) is 6.47. The highest BCUT2D eigenvalue weighted by atomic mass is 19.1. The lowest BCUT2D eigenvalue weighted by molar-refractivity contribution is -0.124. The van der Waals surface area contributed by atoms with Gasteiger partial charge in [0.1, 0.15) is 17.7 Å². The molecule has 4 atom stereocenters. The van der Waals surface area contributed by atoms with Crippen LogP contribution in [0.3, 0.4) is 0 Å². The standard InChI is InChI=1S/C23H20F2N4O2/c24-13-8-17-16-4-1-11(6-18(16)22(30)29-21(17)19(25)9-13)5-15(10-26)28-23(31)20-12-2-3-14(7-12)27-20/h1,4,6,8-9,12,14-15,20,27H,2-3,5,7H2,(H,28,31)(H,29,30). The predicted molar refractivity (Wildman–Crippen MR) is 111 cm³/mol. The van der Waals surface area contributed by atoms with Gasteiger partial charge in [-0.15, -0.1) is 0 Å². The molecule has 1 aromatic heterocycles. The maximum Gasteiger partial charge on any atom is 0.256 e. The molecular weight excluding hydrogens is 402 g/mol. The zero-order valence-corrected chi connectivity index (χ0v) is 16.5. The number of rotatable bonds is 4. The molecule has 2 aromatic carbocycles. The number of nitrogens with zero attached hydrogens (tertiary/aromatic N) is 1. The summed E-state index contributed by atoms with van der Waals surface area (Å²) in [5.41, 5.74) is 0.118. The van der Waals surface area contributed by atoms with Crippen molar-refractivity contribution in [3.05, 3.63) is 57.9 Å². The van der Waals surface area contributed by atoms with Crippen LogP contribution in [0.15, 0.2) is 35.1 Å². The van der Waals surface area contributed by atoms with E-state index in [2.05, 4.69) is 21.7 Å². The number of nitriles is 1. The topological polar surface area (TPSA) is 97.8 Å². The van der Waals surface area contributed by atoms with Crippen LogP contribution in [0.4, 0.5) is 8.78 Å². The van der Waals surface area contributed by atoms with E-state index in [9.17, 15) is 23.6 Å². The van der Waals surface area contributed by atoms with Gasteiger partial charge in [0.2, 0.25) is 5.91 Å². The average molecular weight is 422 g/mol. The highest BCUT2D eigenvalue weighted by Crippen LogP contribution is 2.35. The van der Waals surface area contributed by atoms with E-state index in [1.165, 1.54) is 6.07 Å². The summed E-state index contributed by atoms with van der Waals surface area (Å²) < 4.78 is 27.8. The molecule has 1 saturated carbocycles. The second kappa shape index (κ2) is 7.43. The van der Waals surface area contributed by atoms with Crippen molar-refractivity contribution < 1.29 is 13.6 Å². The molecule has 0 spiro atoms. The van der Waals surface area contributed by atoms with E-state index in [0.717, 1.165) is 25.3 Å². The van der Waals surface area contributed by atoms with Crippen LogP contribution in [0.25, 0.3) is 21.7 Å². The fourth-order valence-electron chi connectivity index (χ4n) is 5.01. The molecule has 4 unspecified atom stereocenters. The monoisotopic (exact) mass is 422 g/mol. The minimum Gasteiger partial charge on any atom is -0.339 e. The number of carbonyl (C=O) groups is 1. The van der Waals surface area contributed by atoms with Crippen LogP contribution >= 0.6 is 0 Å². The fraction of sp³-hybridized carbons (Fsp3) is 0.348. The normalized spacial score (nSPS) is 23.2. The molecule has 2 aliphatic rings. The summed E-state index contributed by atoms with van der Waals surface area (Å²) in [6, 6.07) is 8.32. The molecule has 6 nitrogen and oxygen atoms in total. The molecule has 0 radical (unpaired) electrons. The molecule has 2 heterocycles. The Hall–Kier alpha value is -3.31. The first-order valence-electron chi connectivity index (χ1n) is 10.3. The van der Waals surface area contributed by atoms with Gasteiger partial charge in [-0.1, -0.05) is 12.1 Å². The smallest absolute Gasteiger partial charge is 0.256 e. The van der Waals surface area contributed by atoms with E-state index in [1.807, 2.05) is 0 Å². The molecule has 2 fully saturated rings. The Kier molecular flexibility index (Phi) is 4.71. The summed E-state index contributed by atoms with van der Waals surface area (Å²) in [7, 11) is 0. The highest BCUT2D eigenvalue weighted by Gasteiger charge is 2.43. The van der Waals surface area contributed by atoms with Gasteiger partial charge in [0.05, 0.1) is 17.6 Å². The molecule has 1 saturated heterocycles. The summed E-state index contributed by atoms with van der Waals surface area (Å²) in [4.78, 5) is 27.6. The van der Waals surface area contributed by atoms with E-state index in [1.54, 1.807) is 18.2 Å². The molecule has 1 aliphatic carbocycles. The van der Waals surface area contributed by atoms with Crippen molar-refractivity contribution >= 4 is 27.6 Å². The summed E-state index contributed by atoms with van der Waals surface area (Å²) in [6.07, 6.45) is 3.33. The first kappa shape index (κ1) is 19.6. The summed E-state index contributed by atoms with van der Waals surface area (Å²) >= 11 is 0. The molecule has 1 aliphatic heterocycles. The maximum atomic E-state index is 14.1. The van der Waals surface area contributed by atoms with Crippen LogP contribution in [-0.2, 0) is 11.2 Å². The molecule has 3 aromatic rings. The molecule has 1 amide bonds. The van der Waals surface area contributed by atoms with Crippen molar-refractivity contribution in [3.8, 4) is 6.07 Å². The van der Waals surface area contributed by atoms with Crippen molar-refractivity contribution in [2.45, 2.75) is 43.8 Å². The summed E-state index contributed by atoms with van der Waals surface area (Å²) in [5, 5.41) is 16.6. The number of aromatic nitrogens is 1. The zero-order chi connectivity index (χ0) is 21.7. The van der Waals surface area contributed by atoms with E-state index >= 15 is 0 Å². The molecule has 2 bridgehead atoms. The van der Waals surface area contributed by atoms with Crippen molar-refractivity contribution in [1.29, 1.82) is 5.26 Å². The van der Waals surface area contributed by atoms with E-state index in [0.29, 0.717) is 22.9 Å². The average Bonchev–Trinajstić information content (AvgIpc) is 3.38. The first-order chi connectivity index (χ1) is 14.9. The number of amides is 1. The van der Waals surface area contributed by atoms with Crippen LogP contribution in [0, 0.1) is 28.9 Å². The van der Waals surface area contributed by atoms with Gasteiger partial charge < -0.3 is 15.6 Å². The molecule has 158 valence electrons. The lowest BCUT2D eigenvalue weighted by atomic mass is 9.98. The number of pyridine rings is 1. The number of H-pyrrole nitrogens is 1. The molecular formula is C23H20F2N4O2. The zero-order valence-electron chi connectivity index (χ0n) is 16.5. The molecule has 3 N–H and O–H groups in total. The second-order valence-corrected chi connectivity index (χ2v) is 8.45. The number of halogens is 2. The Morgan fingerprint density at radius 1 is 1.19 bits per heavy atom. The van der Waals surface area contributed by atoms with Gasteiger partial charge in [-0.2, -0.15) is 5.26 Å². The van der Waals surface area contributed by atoms with Crippen molar-refractivity contribution in [1.82, 2.24) is 15.6 Å². The minimum absolute atomic E-state index is 0.0489. The number of hydrogen-bond acceptors (Lipinski definition) is 4. The number of carbonyl (C=O) groups excluding carboxylic acids is 1. The highest BCUT2D eigenvalue weighted by molar-refractivity contribution is 6.05. The fourth-order valence-corrected chi connectivity index (χ4v) is 5.01. The van der Waals surface area contributed by atoms with Crippen LogP contribution in [0.1, 0.15) is 24.8 Å². The van der Waals surface area contributed by atoms with E-state index in [4.69, 9.17) is 0 Å². The van der Waals surface area contributed by atoms with Gasteiger partial charge in [-0.05, 0) is 48.3 Å². The third-order valence-corrected chi connectivity index (χ3v) is 6.47. The number of aromatic amines is 1. The lowest BCUT2D eigenvalue weighted by Crippen LogP contribution is -2.50. The SMILES string of the molecule is N#CC(Cc1ccc2c(c1)c(=O)[nH]c1c(F)cc(F)cc12)NC(=O)C1NC2CCC1C2. The molecule has 31 heavy (non-hydrogen) atoms. The summed E-state index contributed by atoms with van der Waals surface area (Å²) in [6.45, 7) is 0. The Bertz CT molecular complexity index is 1310. The number of fused-ring (bicyclic) bond motifs is 5. The van der Waals surface area contributed by atoms with Gasteiger partial charge in [0, 0.05) is 29.3 Å². The first-order valence-corrected chi connectivity index (χ1v) is 10.3.